The SMILES string of the molecule is COc1cc(C)ccc1C(C)NC(C)CN1CCCC1. The van der Waals surface area contributed by atoms with E-state index < -0.39 is 0 Å². The van der Waals surface area contributed by atoms with Crippen molar-refractivity contribution in [2.24, 2.45) is 0 Å². The standard InChI is InChI=1S/C17H28N2O/c1-13-7-8-16(17(11-13)20-4)15(3)18-14(2)12-19-9-5-6-10-19/h7-8,11,14-15,18H,5-6,9-10,12H2,1-4H3. The van der Waals surface area contributed by atoms with Gasteiger partial charge in [0.1, 0.15) is 5.75 Å². The third-order valence-corrected chi connectivity index (χ3v) is 4.12. The molecule has 0 saturated carbocycles. The van der Waals surface area contributed by atoms with Crippen molar-refractivity contribution in [1.29, 1.82) is 0 Å². The Hall–Kier alpha value is -1.06. The van der Waals surface area contributed by atoms with E-state index in [4.69, 9.17) is 4.74 Å². The highest BCUT2D eigenvalue weighted by Gasteiger charge is 2.18. The molecule has 0 radical (unpaired) electrons. The van der Waals surface area contributed by atoms with Gasteiger partial charge >= 0.3 is 0 Å². The van der Waals surface area contributed by atoms with Crippen LogP contribution in [0.25, 0.3) is 0 Å². The topological polar surface area (TPSA) is 24.5 Å². The summed E-state index contributed by atoms with van der Waals surface area (Å²) in [5.41, 5.74) is 2.48. The minimum atomic E-state index is 0.308. The quantitative estimate of drug-likeness (QED) is 0.864. The molecule has 0 spiro atoms. The van der Waals surface area contributed by atoms with Crippen LogP contribution in [0.15, 0.2) is 18.2 Å². The highest BCUT2D eigenvalue weighted by atomic mass is 16.5. The van der Waals surface area contributed by atoms with Gasteiger partial charge in [-0.15, -0.1) is 0 Å². The first kappa shape index (κ1) is 15.3. The van der Waals surface area contributed by atoms with Crippen LogP contribution in [-0.4, -0.2) is 37.7 Å². The molecule has 0 bridgehead atoms. The number of benzene rings is 1. The second-order valence-corrected chi connectivity index (χ2v) is 6.04. The monoisotopic (exact) mass is 276 g/mol. The van der Waals surface area contributed by atoms with Gasteiger partial charge in [0.05, 0.1) is 7.11 Å². The Morgan fingerprint density at radius 2 is 1.95 bits per heavy atom. The lowest BCUT2D eigenvalue weighted by Crippen LogP contribution is -2.39. The van der Waals surface area contributed by atoms with Crippen molar-refractivity contribution >= 4 is 0 Å². The summed E-state index contributed by atoms with van der Waals surface area (Å²) < 4.78 is 5.51. The molecule has 1 aliphatic rings. The molecule has 1 heterocycles. The maximum Gasteiger partial charge on any atom is 0.123 e. The summed E-state index contributed by atoms with van der Waals surface area (Å²) in [6.45, 7) is 10.2. The largest absolute Gasteiger partial charge is 0.496 e. The average Bonchev–Trinajstić information content (AvgIpc) is 2.90. The number of hydrogen-bond acceptors (Lipinski definition) is 3. The summed E-state index contributed by atoms with van der Waals surface area (Å²) in [4.78, 5) is 2.55. The van der Waals surface area contributed by atoms with Gasteiger partial charge in [-0.1, -0.05) is 12.1 Å². The van der Waals surface area contributed by atoms with E-state index in [2.05, 4.69) is 49.2 Å². The van der Waals surface area contributed by atoms with Crippen LogP contribution in [-0.2, 0) is 0 Å². The van der Waals surface area contributed by atoms with Gasteiger partial charge in [-0.05, 0) is 58.3 Å². The molecule has 0 amide bonds. The fourth-order valence-corrected chi connectivity index (χ4v) is 3.10. The van der Waals surface area contributed by atoms with Crippen LogP contribution >= 0.6 is 0 Å². The van der Waals surface area contributed by atoms with Crippen LogP contribution in [0.4, 0.5) is 0 Å². The Morgan fingerprint density at radius 1 is 1.25 bits per heavy atom. The van der Waals surface area contributed by atoms with Gasteiger partial charge in [-0.3, -0.25) is 0 Å². The molecule has 112 valence electrons. The third kappa shape index (κ3) is 3.97. The molecule has 2 unspecified atom stereocenters. The summed E-state index contributed by atoms with van der Waals surface area (Å²) in [7, 11) is 1.75. The zero-order chi connectivity index (χ0) is 14.5. The van der Waals surface area contributed by atoms with E-state index in [9.17, 15) is 0 Å². The number of methoxy groups -OCH3 is 1. The van der Waals surface area contributed by atoms with E-state index in [-0.39, 0.29) is 0 Å². The smallest absolute Gasteiger partial charge is 0.123 e. The van der Waals surface area contributed by atoms with Gasteiger partial charge in [-0.25, -0.2) is 0 Å². The molecular formula is C17H28N2O. The van der Waals surface area contributed by atoms with Crippen molar-refractivity contribution in [2.75, 3.05) is 26.7 Å². The minimum Gasteiger partial charge on any atom is -0.496 e. The maximum absolute atomic E-state index is 5.51. The van der Waals surface area contributed by atoms with E-state index in [0.717, 1.165) is 12.3 Å². The van der Waals surface area contributed by atoms with Gasteiger partial charge in [0.2, 0.25) is 0 Å². The summed E-state index contributed by atoms with van der Waals surface area (Å²) in [6.07, 6.45) is 2.71. The Balaban J connectivity index is 1.94. The average molecular weight is 276 g/mol. The second-order valence-electron chi connectivity index (χ2n) is 6.04. The molecule has 20 heavy (non-hydrogen) atoms. The normalized spacial score (nSPS) is 19.0. The number of rotatable bonds is 6. The van der Waals surface area contributed by atoms with Crippen LogP contribution in [0.2, 0.25) is 0 Å². The van der Waals surface area contributed by atoms with Crippen molar-refractivity contribution in [3.63, 3.8) is 0 Å². The van der Waals surface area contributed by atoms with Crippen molar-refractivity contribution in [3.8, 4) is 5.75 Å². The number of aryl methyl sites for hydroxylation is 1. The Morgan fingerprint density at radius 3 is 2.60 bits per heavy atom. The predicted octanol–water partition coefficient (Wildman–Crippen LogP) is 3.14. The van der Waals surface area contributed by atoms with Crippen LogP contribution in [0.3, 0.4) is 0 Å². The first-order chi connectivity index (χ1) is 9.60. The zero-order valence-electron chi connectivity index (χ0n) is 13.3. The zero-order valence-corrected chi connectivity index (χ0v) is 13.3. The van der Waals surface area contributed by atoms with Crippen molar-refractivity contribution in [1.82, 2.24) is 10.2 Å². The molecule has 3 heteroatoms. The van der Waals surface area contributed by atoms with Crippen molar-refractivity contribution in [3.05, 3.63) is 29.3 Å². The van der Waals surface area contributed by atoms with Crippen LogP contribution in [0, 0.1) is 6.92 Å². The second kappa shape index (κ2) is 7.09. The molecule has 2 rings (SSSR count). The maximum atomic E-state index is 5.51. The Kier molecular flexibility index (Phi) is 5.44. The Bertz CT molecular complexity index is 427. The van der Waals surface area contributed by atoms with E-state index in [0.29, 0.717) is 12.1 Å². The number of likely N-dealkylation sites (tertiary alicyclic amines) is 1. The molecule has 3 nitrogen and oxygen atoms in total. The molecule has 1 N–H and O–H groups in total. The lowest BCUT2D eigenvalue weighted by atomic mass is 10.0. The molecule has 0 aromatic heterocycles. The molecular weight excluding hydrogens is 248 g/mol. The first-order valence-corrected chi connectivity index (χ1v) is 7.73. The lowest BCUT2D eigenvalue weighted by Gasteiger charge is -2.25. The molecule has 1 aromatic carbocycles. The van der Waals surface area contributed by atoms with Crippen LogP contribution < -0.4 is 10.1 Å². The van der Waals surface area contributed by atoms with Gasteiger partial charge in [-0.2, -0.15) is 0 Å². The van der Waals surface area contributed by atoms with Gasteiger partial charge in [0.15, 0.2) is 0 Å². The Labute approximate surface area is 123 Å². The van der Waals surface area contributed by atoms with E-state index in [1.807, 2.05) is 0 Å². The minimum absolute atomic E-state index is 0.308. The van der Waals surface area contributed by atoms with Crippen LogP contribution in [0.5, 0.6) is 5.75 Å². The van der Waals surface area contributed by atoms with E-state index in [1.165, 1.54) is 37.1 Å². The number of hydrogen-bond donors (Lipinski definition) is 1. The van der Waals surface area contributed by atoms with Gasteiger partial charge in [0, 0.05) is 24.2 Å². The third-order valence-electron chi connectivity index (χ3n) is 4.12. The summed E-state index contributed by atoms with van der Waals surface area (Å²) >= 11 is 0. The fourth-order valence-electron chi connectivity index (χ4n) is 3.10. The molecule has 2 atom stereocenters. The number of ether oxygens (including phenoxy) is 1. The summed E-state index contributed by atoms with van der Waals surface area (Å²) in [5.74, 6) is 0.985. The molecule has 1 fully saturated rings. The molecule has 1 saturated heterocycles. The van der Waals surface area contributed by atoms with Gasteiger partial charge < -0.3 is 15.0 Å². The highest BCUT2D eigenvalue weighted by Crippen LogP contribution is 2.26. The predicted molar refractivity (Wildman–Crippen MR) is 84.4 cm³/mol. The first-order valence-electron chi connectivity index (χ1n) is 7.73. The molecule has 1 aromatic rings. The lowest BCUT2D eigenvalue weighted by molar-refractivity contribution is 0.287. The highest BCUT2D eigenvalue weighted by molar-refractivity contribution is 5.39. The van der Waals surface area contributed by atoms with Gasteiger partial charge in [0.25, 0.3) is 0 Å². The number of nitrogens with one attached hydrogen (secondary N) is 1. The number of nitrogens with zero attached hydrogens (tertiary/aromatic N) is 1. The van der Waals surface area contributed by atoms with E-state index >= 15 is 0 Å². The molecule has 0 aliphatic carbocycles. The van der Waals surface area contributed by atoms with Crippen molar-refractivity contribution in [2.45, 2.75) is 45.7 Å². The van der Waals surface area contributed by atoms with Crippen molar-refractivity contribution < 1.29 is 4.74 Å². The summed E-state index contributed by atoms with van der Waals surface area (Å²) in [6, 6.07) is 7.24. The fraction of sp³-hybridized carbons (Fsp3) is 0.647. The van der Waals surface area contributed by atoms with E-state index in [1.54, 1.807) is 7.11 Å². The summed E-state index contributed by atoms with van der Waals surface area (Å²) in [5, 5.41) is 3.70. The molecule has 1 aliphatic heterocycles. The van der Waals surface area contributed by atoms with Crippen LogP contribution in [0.1, 0.15) is 43.9 Å².